The monoisotopic (exact) mass is 302 g/mol. The molecular formula is C14H17F3N2O2. The summed E-state index contributed by atoms with van der Waals surface area (Å²) in [5, 5.41) is 2.72. The van der Waals surface area contributed by atoms with Crippen LogP contribution in [0.5, 0.6) is 0 Å². The number of H-pyrrole nitrogens is 1. The molecule has 0 aromatic carbocycles. The number of halogens is 3. The Hall–Kier alpha value is -1.79. The number of pyridine rings is 1. The molecule has 1 aliphatic carbocycles. The molecule has 2 N–H and O–H groups in total. The van der Waals surface area contributed by atoms with Crippen LogP contribution in [0.1, 0.15) is 48.7 Å². The molecule has 7 heteroatoms. The molecular weight excluding hydrogens is 285 g/mol. The minimum atomic E-state index is -4.63. The zero-order valence-electron chi connectivity index (χ0n) is 11.6. The minimum absolute atomic E-state index is 0.0251. The molecule has 1 heterocycles. The van der Waals surface area contributed by atoms with Crippen molar-refractivity contribution >= 4 is 5.91 Å². The number of carbonyl (C=O) groups is 1. The second-order valence-electron chi connectivity index (χ2n) is 5.55. The Morgan fingerprint density at radius 2 is 2.05 bits per heavy atom. The molecule has 0 bridgehead atoms. The molecule has 1 amide bonds. The van der Waals surface area contributed by atoms with Crippen molar-refractivity contribution < 1.29 is 18.0 Å². The van der Waals surface area contributed by atoms with Crippen LogP contribution in [0.15, 0.2) is 16.9 Å². The lowest BCUT2D eigenvalue weighted by Crippen LogP contribution is -2.40. The van der Waals surface area contributed by atoms with Crippen LogP contribution in [-0.4, -0.2) is 16.9 Å². The normalized spacial score (nSPS) is 22.9. The Morgan fingerprint density at radius 1 is 1.33 bits per heavy atom. The number of aromatic amines is 1. The van der Waals surface area contributed by atoms with Crippen LogP contribution in [0.2, 0.25) is 0 Å². The summed E-state index contributed by atoms with van der Waals surface area (Å²) in [5.74, 6) is -0.126. The molecule has 0 saturated heterocycles. The second kappa shape index (κ2) is 5.91. The van der Waals surface area contributed by atoms with E-state index in [0.717, 1.165) is 31.7 Å². The summed E-state index contributed by atoms with van der Waals surface area (Å²) in [6.45, 7) is 2.09. The Labute approximate surface area is 119 Å². The maximum Gasteiger partial charge on any atom is 0.431 e. The molecule has 21 heavy (non-hydrogen) atoms. The highest BCUT2D eigenvalue weighted by Crippen LogP contribution is 2.26. The summed E-state index contributed by atoms with van der Waals surface area (Å²) in [6, 6.07) is 1.60. The van der Waals surface area contributed by atoms with Crippen molar-refractivity contribution in [2.45, 2.75) is 44.8 Å². The van der Waals surface area contributed by atoms with Crippen LogP contribution in [-0.2, 0) is 6.18 Å². The van der Waals surface area contributed by atoms with Crippen molar-refractivity contribution in [2.24, 2.45) is 5.92 Å². The van der Waals surface area contributed by atoms with E-state index in [1.807, 2.05) is 0 Å². The predicted octanol–water partition coefficient (Wildman–Crippen LogP) is 2.70. The maximum atomic E-state index is 12.4. The fourth-order valence-electron chi connectivity index (χ4n) is 2.65. The lowest BCUT2D eigenvalue weighted by molar-refractivity contribution is -0.141. The minimum Gasteiger partial charge on any atom is -0.349 e. The van der Waals surface area contributed by atoms with E-state index in [0.29, 0.717) is 12.0 Å². The van der Waals surface area contributed by atoms with Crippen LogP contribution in [0.25, 0.3) is 0 Å². The first-order chi connectivity index (χ1) is 9.77. The van der Waals surface area contributed by atoms with E-state index in [2.05, 4.69) is 12.2 Å². The fraction of sp³-hybridized carbons (Fsp3) is 0.571. The van der Waals surface area contributed by atoms with Crippen LogP contribution in [0.4, 0.5) is 13.2 Å². The van der Waals surface area contributed by atoms with Crippen molar-refractivity contribution in [3.8, 4) is 0 Å². The SMILES string of the molecule is CC1CCCC(NC(=O)c2ccc(C(F)(F)F)[nH]c2=O)C1. The van der Waals surface area contributed by atoms with Crippen molar-refractivity contribution in [1.82, 2.24) is 10.3 Å². The number of nitrogens with one attached hydrogen (secondary N) is 2. The summed E-state index contributed by atoms with van der Waals surface area (Å²) in [4.78, 5) is 25.3. The molecule has 2 atom stereocenters. The second-order valence-corrected chi connectivity index (χ2v) is 5.55. The summed E-state index contributed by atoms with van der Waals surface area (Å²) >= 11 is 0. The summed E-state index contributed by atoms with van der Waals surface area (Å²) < 4.78 is 37.3. The topological polar surface area (TPSA) is 62.0 Å². The first-order valence-corrected chi connectivity index (χ1v) is 6.88. The Kier molecular flexibility index (Phi) is 4.39. The van der Waals surface area contributed by atoms with E-state index in [1.165, 1.54) is 0 Å². The summed E-state index contributed by atoms with van der Waals surface area (Å²) in [7, 11) is 0. The van der Waals surface area contributed by atoms with Crippen LogP contribution >= 0.6 is 0 Å². The van der Waals surface area contributed by atoms with Crippen molar-refractivity contribution in [2.75, 3.05) is 0 Å². The zero-order valence-corrected chi connectivity index (χ0v) is 11.6. The molecule has 0 aliphatic heterocycles. The first kappa shape index (κ1) is 15.6. The average molecular weight is 302 g/mol. The van der Waals surface area contributed by atoms with E-state index in [9.17, 15) is 22.8 Å². The third-order valence-corrected chi connectivity index (χ3v) is 3.73. The highest BCUT2D eigenvalue weighted by Gasteiger charge is 2.32. The molecule has 1 aliphatic rings. The van der Waals surface area contributed by atoms with Gasteiger partial charge in [-0.05, 0) is 30.9 Å². The van der Waals surface area contributed by atoms with Gasteiger partial charge in [0.1, 0.15) is 11.3 Å². The third kappa shape index (κ3) is 3.86. The van der Waals surface area contributed by atoms with Crippen molar-refractivity contribution in [3.63, 3.8) is 0 Å². The Morgan fingerprint density at radius 3 is 2.62 bits per heavy atom. The van der Waals surface area contributed by atoms with Gasteiger partial charge in [-0.2, -0.15) is 13.2 Å². The Balaban J connectivity index is 2.11. The van der Waals surface area contributed by atoms with Gasteiger partial charge in [0.25, 0.3) is 11.5 Å². The fourth-order valence-corrected chi connectivity index (χ4v) is 2.65. The number of aromatic nitrogens is 1. The van der Waals surface area contributed by atoms with Gasteiger partial charge in [-0.25, -0.2) is 0 Å². The van der Waals surface area contributed by atoms with Crippen LogP contribution in [0, 0.1) is 5.92 Å². The van der Waals surface area contributed by atoms with Gasteiger partial charge >= 0.3 is 6.18 Å². The number of rotatable bonds is 2. The van der Waals surface area contributed by atoms with Gasteiger partial charge in [0, 0.05) is 6.04 Å². The van der Waals surface area contributed by atoms with E-state index in [1.54, 1.807) is 4.98 Å². The molecule has 2 unspecified atom stereocenters. The molecule has 1 aromatic rings. The number of hydrogen-bond acceptors (Lipinski definition) is 2. The number of alkyl halides is 3. The summed E-state index contributed by atoms with van der Waals surface area (Å²) in [5.41, 5.74) is -2.47. The van der Waals surface area contributed by atoms with E-state index >= 15 is 0 Å². The molecule has 1 aromatic heterocycles. The number of amides is 1. The zero-order chi connectivity index (χ0) is 15.6. The molecule has 4 nitrogen and oxygen atoms in total. The number of hydrogen-bond donors (Lipinski definition) is 2. The molecule has 2 rings (SSSR count). The quantitative estimate of drug-likeness (QED) is 0.882. The molecule has 0 spiro atoms. The number of carbonyl (C=O) groups excluding carboxylic acids is 1. The van der Waals surface area contributed by atoms with Crippen LogP contribution < -0.4 is 10.9 Å². The summed E-state index contributed by atoms with van der Waals surface area (Å²) in [6.07, 6.45) is -0.880. The molecule has 116 valence electrons. The predicted molar refractivity (Wildman–Crippen MR) is 71.0 cm³/mol. The van der Waals surface area contributed by atoms with E-state index < -0.39 is 23.3 Å². The average Bonchev–Trinajstić information content (AvgIpc) is 2.37. The van der Waals surface area contributed by atoms with Gasteiger partial charge in [0.2, 0.25) is 0 Å². The highest BCUT2D eigenvalue weighted by atomic mass is 19.4. The standard InChI is InChI=1S/C14H17F3N2O2/c1-8-3-2-4-9(7-8)18-12(20)10-5-6-11(14(15,16)17)19-13(10)21/h5-6,8-9H,2-4,7H2,1H3,(H,18,20)(H,19,21). The first-order valence-electron chi connectivity index (χ1n) is 6.88. The molecule has 1 fully saturated rings. The van der Waals surface area contributed by atoms with Gasteiger partial charge in [-0.1, -0.05) is 19.8 Å². The maximum absolute atomic E-state index is 12.4. The molecule has 0 radical (unpaired) electrons. The lowest BCUT2D eigenvalue weighted by atomic mass is 9.87. The Bertz CT molecular complexity index is 580. The lowest BCUT2D eigenvalue weighted by Gasteiger charge is -2.27. The third-order valence-electron chi connectivity index (χ3n) is 3.73. The highest BCUT2D eigenvalue weighted by molar-refractivity contribution is 5.94. The van der Waals surface area contributed by atoms with Crippen molar-refractivity contribution in [3.05, 3.63) is 33.7 Å². The van der Waals surface area contributed by atoms with E-state index in [4.69, 9.17) is 0 Å². The molecule has 1 saturated carbocycles. The largest absolute Gasteiger partial charge is 0.431 e. The van der Waals surface area contributed by atoms with Gasteiger partial charge < -0.3 is 10.3 Å². The van der Waals surface area contributed by atoms with Gasteiger partial charge in [0.15, 0.2) is 0 Å². The van der Waals surface area contributed by atoms with Gasteiger partial charge in [-0.15, -0.1) is 0 Å². The smallest absolute Gasteiger partial charge is 0.349 e. The van der Waals surface area contributed by atoms with Gasteiger partial charge in [-0.3, -0.25) is 9.59 Å². The van der Waals surface area contributed by atoms with Gasteiger partial charge in [0.05, 0.1) is 0 Å². The van der Waals surface area contributed by atoms with Crippen molar-refractivity contribution in [1.29, 1.82) is 0 Å². The van der Waals surface area contributed by atoms with E-state index in [-0.39, 0.29) is 11.6 Å². The van der Waals surface area contributed by atoms with Crippen LogP contribution in [0.3, 0.4) is 0 Å².